The summed E-state index contributed by atoms with van der Waals surface area (Å²) in [4.78, 5) is 12.1. The summed E-state index contributed by atoms with van der Waals surface area (Å²) in [6, 6.07) is 11.9. The largest absolute Gasteiger partial charge is 0.483 e. The van der Waals surface area contributed by atoms with Crippen LogP contribution in [0, 0.1) is 0 Å². The number of halogens is 3. The second-order valence-electron chi connectivity index (χ2n) is 6.59. The van der Waals surface area contributed by atoms with Crippen molar-refractivity contribution in [2.45, 2.75) is 25.1 Å². The monoisotopic (exact) mass is 403 g/mol. The van der Waals surface area contributed by atoms with Gasteiger partial charge < -0.3 is 10.1 Å². The van der Waals surface area contributed by atoms with Crippen LogP contribution in [0.15, 0.2) is 48.5 Å². The highest BCUT2D eigenvalue weighted by atomic mass is 19.4. The van der Waals surface area contributed by atoms with E-state index in [0.717, 1.165) is 24.5 Å². The molecule has 1 fully saturated rings. The summed E-state index contributed by atoms with van der Waals surface area (Å²) in [6.45, 7) is -0.547. The SMILES string of the molecule is O=C(COc1ccccc1C(F)(F)F)Nc1ccc(-c2nnnn2C2CC2)cc1. The van der Waals surface area contributed by atoms with E-state index >= 15 is 0 Å². The lowest BCUT2D eigenvalue weighted by atomic mass is 10.2. The molecule has 1 N–H and O–H groups in total. The smallest absolute Gasteiger partial charge is 0.419 e. The molecule has 1 aliphatic carbocycles. The third-order valence-electron chi connectivity index (χ3n) is 4.36. The minimum atomic E-state index is -4.56. The van der Waals surface area contributed by atoms with Gasteiger partial charge in [-0.2, -0.15) is 13.2 Å². The van der Waals surface area contributed by atoms with Crippen LogP contribution in [-0.4, -0.2) is 32.7 Å². The fraction of sp³-hybridized carbons (Fsp3) is 0.263. The molecule has 1 aliphatic rings. The molecule has 150 valence electrons. The van der Waals surface area contributed by atoms with Gasteiger partial charge in [-0.25, -0.2) is 4.68 Å². The number of nitrogens with one attached hydrogen (secondary N) is 1. The van der Waals surface area contributed by atoms with E-state index in [0.29, 0.717) is 17.6 Å². The molecular formula is C19H16F3N5O2. The number of ether oxygens (including phenoxy) is 1. The second kappa shape index (κ2) is 7.53. The van der Waals surface area contributed by atoms with Crippen molar-refractivity contribution in [3.8, 4) is 17.1 Å². The van der Waals surface area contributed by atoms with Crippen molar-refractivity contribution in [1.82, 2.24) is 20.2 Å². The number of carbonyl (C=O) groups is 1. The molecule has 1 heterocycles. The predicted molar refractivity (Wildman–Crippen MR) is 97.1 cm³/mol. The van der Waals surface area contributed by atoms with E-state index in [1.54, 1.807) is 28.9 Å². The molecule has 1 saturated carbocycles. The maximum atomic E-state index is 13.0. The average Bonchev–Trinajstić information content (AvgIpc) is 3.43. The topological polar surface area (TPSA) is 81.9 Å². The Morgan fingerprint density at radius 2 is 1.86 bits per heavy atom. The van der Waals surface area contributed by atoms with Crippen LogP contribution in [0.3, 0.4) is 0 Å². The first-order valence-corrected chi connectivity index (χ1v) is 8.89. The normalized spacial score (nSPS) is 13.9. The molecule has 0 aliphatic heterocycles. The molecule has 10 heteroatoms. The van der Waals surface area contributed by atoms with Crippen LogP contribution >= 0.6 is 0 Å². The van der Waals surface area contributed by atoms with Crippen LogP contribution < -0.4 is 10.1 Å². The molecule has 29 heavy (non-hydrogen) atoms. The lowest BCUT2D eigenvalue weighted by molar-refractivity contribution is -0.139. The van der Waals surface area contributed by atoms with Crippen molar-refractivity contribution in [1.29, 1.82) is 0 Å². The van der Waals surface area contributed by atoms with Crippen LogP contribution in [0.2, 0.25) is 0 Å². The van der Waals surface area contributed by atoms with Crippen molar-refractivity contribution in [2.75, 3.05) is 11.9 Å². The van der Waals surface area contributed by atoms with Gasteiger partial charge in [-0.1, -0.05) is 12.1 Å². The third kappa shape index (κ3) is 4.36. The van der Waals surface area contributed by atoms with Gasteiger partial charge in [0.1, 0.15) is 5.75 Å². The highest BCUT2D eigenvalue weighted by Crippen LogP contribution is 2.37. The van der Waals surface area contributed by atoms with Crippen LogP contribution in [0.5, 0.6) is 5.75 Å². The van der Waals surface area contributed by atoms with E-state index in [-0.39, 0.29) is 0 Å². The Labute approximate surface area is 163 Å². The number of alkyl halides is 3. The fourth-order valence-electron chi connectivity index (χ4n) is 2.82. The van der Waals surface area contributed by atoms with Crippen molar-refractivity contribution < 1.29 is 22.7 Å². The van der Waals surface area contributed by atoms with E-state index in [9.17, 15) is 18.0 Å². The minimum absolute atomic E-state index is 0.330. The summed E-state index contributed by atoms with van der Waals surface area (Å²) < 4.78 is 45.7. The van der Waals surface area contributed by atoms with Gasteiger partial charge >= 0.3 is 6.18 Å². The number of nitrogens with zero attached hydrogens (tertiary/aromatic N) is 4. The quantitative estimate of drug-likeness (QED) is 0.679. The molecule has 4 rings (SSSR count). The van der Waals surface area contributed by atoms with Crippen molar-refractivity contribution >= 4 is 11.6 Å². The van der Waals surface area contributed by atoms with Gasteiger partial charge in [0.15, 0.2) is 12.4 Å². The van der Waals surface area contributed by atoms with E-state index in [1.165, 1.54) is 18.2 Å². The Balaban J connectivity index is 1.38. The van der Waals surface area contributed by atoms with Crippen LogP contribution in [-0.2, 0) is 11.0 Å². The molecule has 0 atom stereocenters. The van der Waals surface area contributed by atoms with Gasteiger partial charge in [-0.3, -0.25) is 4.79 Å². The molecule has 0 spiro atoms. The fourth-order valence-corrected chi connectivity index (χ4v) is 2.82. The number of aromatic nitrogens is 4. The minimum Gasteiger partial charge on any atom is -0.483 e. The highest BCUT2D eigenvalue weighted by Gasteiger charge is 2.34. The summed E-state index contributed by atoms with van der Waals surface area (Å²) in [5.41, 5.74) is 0.359. The van der Waals surface area contributed by atoms with Crippen molar-refractivity contribution in [3.63, 3.8) is 0 Å². The van der Waals surface area contributed by atoms with E-state index in [2.05, 4.69) is 20.8 Å². The number of carbonyl (C=O) groups excluding carboxylic acids is 1. The molecule has 1 aromatic heterocycles. The second-order valence-corrected chi connectivity index (χ2v) is 6.59. The van der Waals surface area contributed by atoms with E-state index in [4.69, 9.17) is 4.74 Å². The maximum Gasteiger partial charge on any atom is 0.419 e. The van der Waals surface area contributed by atoms with Gasteiger partial charge in [-0.15, -0.1) is 5.10 Å². The Hall–Kier alpha value is -3.43. The number of tetrazole rings is 1. The lowest BCUT2D eigenvalue weighted by Crippen LogP contribution is -2.21. The first kappa shape index (κ1) is 18.9. The maximum absolute atomic E-state index is 13.0. The number of para-hydroxylation sites is 1. The Bertz CT molecular complexity index is 1010. The lowest BCUT2D eigenvalue weighted by Gasteiger charge is -2.13. The standard InChI is InChI=1S/C19H16F3N5O2/c20-19(21,22)15-3-1-2-4-16(15)29-11-17(28)23-13-7-5-12(6-8-13)18-24-25-26-27(18)14-9-10-14/h1-8,14H,9-11H2,(H,23,28). The van der Waals surface area contributed by atoms with E-state index < -0.39 is 30.0 Å². The number of hydrogen-bond donors (Lipinski definition) is 1. The number of rotatable bonds is 6. The molecule has 0 radical (unpaired) electrons. The first-order chi connectivity index (χ1) is 13.9. The Kier molecular flexibility index (Phi) is 4.91. The number of anilines is 1. The summed E-state index contributed by atoms with van der Waals surface area (Å²) in [5, 5.41) is 14.3. The molecule has 0 bridgehead atoms. The summed E-state index contributed by atoms with van der Waals surface area (Å²) in [7, 11) is 0. The van der Waals surface area contributed by atoms with Gasteiger partial charge in [0.25, 0.3) is 5.91 Å². The third-order valence-corrected chi connectivity index (χ3v) is 4.36. The zero-order valence-electron chi connectivity index (χ0n) is 15.1. The van der Waals surface area contributed by atoms with Crippen LogP contribution in [0.4, 0.5) is 18.9 Å². The average molecular weight is 403 g/mol. The summed E-state index contributed by atoms with van der Waals surface area (Å²) in [5.74, 6) is -0.313. The Morgan fingerprint density at radius 3 is 2.55 bits per heavy atom. The van der Waals surface area contributed by atoms with Gasteiger partial charge in [-0.05, 0) is 59.7 Å². The zero-order chi connectivity index (χ0) is 20.4. The summed E-state index contributed by atoms with van der Waals surface area (Å²) >= 11 is 0. The van der Waals surface area contributed by atoms with E-state index in [1.807, 2.05) is 0 Å². The predicted octanol–water partition coefficient (Wildman–Crippen LogP) is 3.71. The number of benzene rings is 2. The van der Waals surface area contributed by atoms with Gasteiger partial charge in [0.2, 0.25) is 0 Å². The summed E-state index contributed by atoms with van der Waals surface area (Å²) in [6.07, 6.45) is -2.47. The zero-order valence-corrected chi connectivity index (χ0v) is 15.1. The molecule has 1 amide bonds. The molecular weight excluding hydrogens is 387 g/mol. The molecule has 2 aromatic carbocycles. The van der Waals surface area contributed by atoms with Crippen molar-refractivity contribution in [2.24, 2.45) is 0 Å². The first-order valence-electron chi connectivity index (χ1n) is 8.89. The number of amides is 1. The molecule has 3 aromatic rings. The molecule has 0 saturated heterocycles. The van der Waals surface area contributed by atoms with Crippen molar-refractivity contribution in [3.05, 3.63) is 54.1 Å². The van der Waals surface area contributed by atoms with Gasteiger partial charge in [0.05, 0.1) is 11.6 Å². The molecule has 7 nitrogen and oxygen atoms in total. The number of hydrogen-bond acceptors (Lipinski definition) is 5. The van der Waals surface area contributed by atoms with Gasteiger partial charge in [0, 0.05) is 11.3 Å². The van der Waals surface area contributed by atoms with Crippen LogP contribution in [0.1, 0.15) is 24.4 Å². The Morgan fingerprint density at radius 1 is 1.14 bits per heavy atom. The highest BCUT2D eigenvalue weighted by molar-refractivity contribution is 5.92. The molecule has 0 unspecified atom stereocenters. The van der Waals surface area contributed by atoms with Crippen LogP contribution in [0.25, 0.3) is 11.4 Å².